The number of nitrogens with one attached hydrogen (secondary N) is 2. The van der Waals surface area contributed by atoms with Gasteiger partial charge in [-0.05, 0) is 36.2 Å². The molecule has 12 heteroatoms. The summed E-state index contributed by atoms with van der Waals surface area (Å²) in [5.41, 5.74) is 4.45. The van der Waals surface area contributed by atoms with Crippen LogP contribution in [0.4, 0.5) is 11.6 Å². The van der Waals surface area contributed by atoms with E-state index in [2.05, 4.69) is 27.7 Å². The quantitative estimate of drug-likeness (QED) is 0.144. The first-order valence-electron chi connectivity index (χ1n) is 14.0. The number of carbonyl (C=O) groups excluding carboxylic acids is 1. The largest absolute Gasteiger partial charge is 0.490 e. The van der Waals surface area contributed by atoms with Crippen molar-refractivity contribution in [2.45, 2.75) is 26.2 Å². The molecule has 0 aliphatic rings. The molecule has 2 heterocycles. The molecule has 12 nitrogen and oxygen atoms in total. The zero-order valence-electron chi connectivity index (χ0n) is 24.8. The van der Waals surface area contributed by atoms with Crippen molar-refractivity contribution in [2.75, 3.05) is 53.1 Å². The third-order valence-corrected chi connectivity index (χ3v) is 6.51. The van der Waals surface area contributed by atoms with Gasteiger partial charge in [0.1, 0.15) is 5.56 Å². The minimum atomic E-state index is -0.668. The molecule has 0 aliphatic heterocycles. The van der Waals surface area contributed by atoms with Crippen LogP contribution in [-0.4, -0.2) is 68.2 Å². The molecule has 4 rings (SSSR count). The molecule has 4 aromatic rings. The highest BCUT2D eigenvalue weighted by Crippen LogP contribution is 2.32. The molecule has 0 saturated carbocycles. The van der Waals surface area contributed by atoms with E-state index in [0.29, 0.717) is 55.7 Å². The summed E-state index contributed by atoms with van der Waals surface area (Å²) in [5.74, 6) is 0.739. The van der Waals surface area contributed by atoms with Crippen LogP contribution >= 0.6 is 0 Å². The number of carbonyl (C=O) groups is 1. The van der Waals surface area contributed by atoms with Crippen molar-refractivity contribution in [1.29, 1.82) is 0 Å². The fourth-order valence-electron chi connectivity index (χ4n) is 4.29. The summed E-state index contributed by atoms with van der Waals surface area (Å²) in [4.78, 5) is 39.7. The van der Waals surface area contributed by atoms with Gasteiger partial charge in [-0.1, -0.05) is 19.1 Å². The number of rotatable bonds is 16. The van der Waals surface area contributed by atoms with Gasteiger partial charge in [-0.2, -0.15) is 4.98 Å². The first-order chi connectivity index (χ1) is 21.0. The molecule has 2 aromatic carbocycles. The molecule has 0 saturated heterocycles. The van der Waals surface area contributed by atoms with Crippen LogP contribution in [0.1, 0.15) is 35.7 Å². The molecule has 2 N–H and O–H groups in total. The second-order valence-corrected chi connectivity index (χ2v) is 9.50. The van der Waals surface area contributed by atoms with Crippen molar-refractivity contribution >= 4 is 28.6 Å². The molecule has 0 spiro atoms. The maximum absolute atomic E-state index is 13.3. The third kappa shape index (κ3) is 8.07. The highest BCUT2D eigenvalue weighted by molar-refractivity contribution is 5.96. The Hall–Kier alpha value is -4.52. The maximum atomic E-state index is 13.3. The van der Waals surface area contributed by atoms with E-state index in [0.717, 1.165) is 24.1 Å². The van der Waals surface area contributed by atoms with E-state index in [-0.39, 0.29) is 16.9 Å². The van der Waals surface area contributed by atoms with Crippen LogP contribution in [0.5, 0.6) is 11.5 Å². The van der Waals surface area contributed by atoms with E-state index in [1.165, 1.54) is 19.5 Å². The number of hydrogen-bond acceptors (Lipinski definition) is 10. The lowest BCUT2D eigenvalue weighted by molar-refractivity contribution is 0.0536. The smallest absolute Gasteiger partial charge is 0.280 e. The van der Waals surface area contributed by atoms with Gasteiger partial charge in [-0.3, -0.25) is 14.4 Å². The van der Waals surface area contributed by atoms with Crippen LogP contribution in [0.15, 0.2) is 59.7 Å². The number of methoxy groups -OCH3 is 2. The van der Waals surface area contributed by atoms with Crippen LogP contribution < -0.4 is 25.7 Å². The topological polar surface area (TPSA) is 135 Å². The molecule has 1 amide bonds. The molecular formula is C31H37N5O7. The van der Waals surface area contributed by atoms with Crippen LogP contribution in [0, 0.1) is 0 Å². The van der Waals surface area contributed by atoms with Gasteiger partial charge in [0.2, 0.25) is 11.4 Å². The summed E-state index contributed by atoms with van der Waals surface area (Å²) in [6.45, 7) is 4.16. The Morgan fingerprint density at radius 2 is 1.60 bits per heavy atom. The Bertz CT molecular complexity index is 1570. The SMILES string of the molecule is CCc1ccc(-n2cc(C(=O)NOC)c(=O)c3cnc(Nc4ccc(OCCCOC)c(OCCCOC)c4)nc32)cc1. The second-order valence-electron chi connectivity index (χ2n) is 9.50. The van der Waals surface area contributed by atoms with E-state index < -0.39 is 11.3 Å². The summed E-state index contributed by atoms with van der Waals surface area (Å²) in [7, 11) is 4.60. The Kier molecular flexibility index (Phi) is 11.4. The predicted octanol–water partition coefficient (Wildman–Crippen LogP) is 4.21. The van der Waals surface area contributed by atoms with Gasteiger partial charge in [0.25, 0.3) is 5.91 Å². The number of aromatic nitrogens is 3. The third-order valence-electron chi connectivity index (χ3n) is 6.51. The first-order valence-corrected chi connectivity index (χ1v) is 14.0. The van der Waals surface area contributed by atoms with E-state index in [4.69, 9.17) is 23.8 Å². The van der Waals surface area contributed by atoms with Crippen molar-refractivity contribution in [3.8, 4) is 17.2 Å². The minimum absolute atomic E-state index is 0.102. The maximum Gasteiger partial charge on any atom is 0.280 e. The van der Waals surface area contributed by atoms with Gasteiger partial charge in [-0.25, -0.2) is 10.5 Å². The number of ether oxygens (including phenoxy) is 4. The Labute approximate surface area is 249 Å². The van der Waals surface area contributed by atoms with Crippen LogP contribution in [0.25, 0.3) is 16.7 Å². The second kappa shape index (κ2) is 15.6. The number of aryl methyl sites for hydroxylation is 1. The van der Waals surface area contributed by atoms with Crippen molar-refractivity contribution < 1.29 is 28.6 Å². The highest BCUT2D eigenvalue weighted by atomic mass is 16.6. The van der Waals surface area contributed by atoms with E-state index >= 15 is 0 Å². The van der Waals surface area contributed by atoms with Gasteiger partial charge in [0.05, 0.1) is 25.7 Å². The number of amides is 1. The predicted molar refractivity (Wildman–Crippen MR) is 163 cm³/mol. The molecule has 0 unspecified atom stereocenters. The van der Waals surface area contributed by atoms with Gasteiger partial charge >= 0.3 is 0 Å². The molecule has 0 aliphatic carbocycles. The standard InChI is InChI=1S/C31H37N5O7/c1-5-21-8-11-23(12-9-21)36-20-25(30(38)35-41-4)28(37)24-19-32-31(34-29(24)36)33-22-10-13-26(42-16-6-14-39-2)27(18-22)43-17-7-15-40-3/h8-13,18-20H,5-7,14-17H2,1-4H3,(H,35,38)(H,32,33,34). The fourth-order valence-corrected chi connectivity index (χ4v) is 4.29. The number of anilines is 2. The molecule has 0 atom stereocenters. The van der Waals surface area contributed by atoms with Gasteiger partial charge in [0.15, 0.2) is 17.1 Å². The summed E-state index contributed by atoms with van der Waals surface area (Å²) in [6, 6.07) is 13.2. The van der Waals surface area contributed by atoms with Gasteiger partial charge in [-0.15, -0.1) is 0 Å². The summed E-state index contributed by atoms with van der Waals surface area (Å²) in [6.07, 6.45) is 5.19. The van der Waals surface area contributed by atoms with Gasteiger partial charge in [0, 0.05) is 70.1 Å². The molecule has 0 radical (unpaired) electrons. The first kappa shape index (κ1) is 31.4. The van der Waals surface area contributed by atoms with E-state index in [1.54, 1.807) is 24.9 Å². The lowest BCUT2D eigenvalue weighted by atomic mass is 10.1. The molecular weight excluding hydrogens is 554 g/mol. The molecule has 228 valence electrons. The minimum Gasteiger partial charge on any atom is -0.490 e. The van der Waals surface area contributed by atoms with Crippen molar-refractivity contribution in [1.82, 2.24) is 20.0 Å². The zero-order chi connectivity index (χ0) is 30.6. The highest BCUT2D eigenvalue weighted by Gasteiger charge is 2.19. The molecule has 0 bridgehead atoms. The monoisotopic (exact) mass is 591 g/mol. The number of nitrogens with zero attached hydrogens (tertiary/aromatic N) is 3. The van der Waals surface area contributed by atoms with Crippen molar-refractivity contribution in [3.63, 3.8) is 0 Å². The zero-order valence-corrected chi connectivity index (χ0v) is 24.8. The fraction of sp³-hybridized carbons (Fsp3) is 0.355. The number of hydrogen-bond donors (Lipinski definition) is 2. The number of hydroxylamine groups is 1. The molecule has 43 heavy (non-hydrogen) atoms. The Balaban J connectivity index is 1.70. The number of fused-ring (bicyclic) bond motifs is 1. The van der Waals surface area contributed by atoms with Crippen LogP contribution in [-0.2, 0) is 20.7 Å². The Morgan fingerprint density at radius 1 is 0.907 bits per heavy atom. The molecule has 0 fully saturated rings. The number of pyridine rings is 1. The van der Waals surface area contributed by atoms with E-state index in [1.807, 2.05) is 36.4 Å². The summed E-state index contributed by atoms with van der Waals surface area (Å²) >= 11 is 0. The summed E-state index contributed by atoms with van der Waals surface area (Å²) in [5, 5.41) is 3.38. The lowest BCUT2D eigenvalue weighted by Gasteiger charge is -2.16. The normalized spacial score (nSPS) is 11.0. The van der Waals surface area contributed by atoms with Crippen LogP contribution in [0.2, 0.25) is 0 Å². The average molecular weight is 592 g/mol. The summed E-state index contributed by atoms with van der Waals surface area (Å²) < 4.78 is 23.8. The number of benzene rings is 2. The van der Waals surface area contributed by atoms with Crippen molar-refractivity contribution in [3.05, 3.63) is 76.2 Å². The van der Waals surface area contributed by atoms with Crippen molar-refractivity contribution in [2.24, 2.45) is 0 Å². The Morgan fingerprint density at radius 3 is 2.26 bits per heavy atom. The lowest BCUT2D eigenvalue weighted by Crippen LogP contribution is -2.29. The van der Waals surface area contributed by atoms with Gasteiger partial charge < -0.3 is 28.8 Å². The average Bonchev–Trinajstić information content (AvgIpc) is 3.02. The van der Waals surface area contributed by atoms with Crippen LogP contribution in [0.3, 0.4) is 0 Å². The molecule has 2 aromatic heterocycles. The van der Waals surface area contributed by atoms with E-state index in [9.17, 15) is 9.59 Å².